The fourth-order valence-corrected chi connectivity index (χ4v) is 2.51. The monoisotopic (exact) mass is 315 g/mol. The summed E-state index contributed by atoms with van der Waals surface area (Å²) in [5.74, 6) is 0. The molecule has 122 valence electrons. The Bertz CT molecular complexity index is 623. The summed E-state index contributed by atoms with van der Waals surface area (Å²) in [7, 11) is 0. The smallest absolute Gasteiger partial charge is 0.319 e. The quantitative estimate of drug-likeness (QED) is 0.873. The maximum atomic E-state index is 12.1. The Kier molecular flexibility index (Phi) is 5.23. The van der Waals surface area contributed by atoms with Crippen molar-refractivity contribution < 1.29 is 9.53 Å². The Morgan fingerprint density at radius 2 is 2.04 bits per heavy atom. The molecular formula is C16H21N5O2. The van der Waals surface area contributed by atoms with E-state index < -0.39 is 0 Å². The molecule has 1 aromatic carbocycles. The van der Waals surface area contributed by atoms with E-state index >= 15 is 0 Å². The minimum absolute atomic E-state index is 0.210. The van der Waals surface area contributed by atoms with E-state index in [0.717, 1.165) is 44.2 Å². The molecule has 0 atom stereocenters. The van der Waals surface area contributed by atoms with Gasteiger partial charge in [-0.1, -0.05) is 12.1 Å². The van der Waals surface area contributed by atoms with Crippen LogP contribution in [0.3, 0.4) is 0 Å². The summed E-state index contributed by atoms with van der Waals surface area (Å²) in [6.07, 6.45) is 3.55. The number of ether oxygens (including phenoxy) is 1. The average molecular weight is 315 g/mol. The summed E-state index contributed by atoms with van der Waals surface area (Å²) in [6.45, 7) is 4.82. The Labute approximate surface area is 135 Å². The van der Waals surface area contributed by atoms with Crippen molar-refractivity contribution in [3.05, 3.63) is 42.7 Å². The molecule has 1 aliphatic rings. The number of para-hydroxylation sites is 2. The second kappa shape index (κ2) is 7.75. The Morgan fingerprint density at radius 1 is 1.22 bits per heavy atom. The Balaban J connectivity index is 1.52. The first kappa shape index (κ1) is 15.5. The van der Waals surface area contributed by atoms with E-state index in [1.54, 1.807) is 10.9 Å². The van der Waals surface area contributed by atoms with Gasteiger partial charge in [0, 0.05) is 38.6 Å². The lowest BCUT2D eigenvalue weighted by Crippen LogP contribution is -2.42. The van der Waals surface area contributed by atoms with Crippen LogP contribution in [0.25, 0.3) is 5.69 Å². The van der Waals surface area contributed by atoms with Crippen molar-refractivity contribution in [2.24, 2.45) is 0 Å². The van der Waals surface area contributed by atoms with Crippen LogP contribution in [0.15, 0.2) is 42.7 Å². The third-order valence-corrected chi connectivity index (χ3v) is 3.72. The lowest BCUT2D eigenvalue weighted by atomic mass is 10.2. The van der Waals surface area contributed by atoms with Gasteiger partial charge in [0.2, 0.25) is 0 Å². The summed E-state index contributed by atoms with van der Waals surface area (Å²) in [6, 6.07) is 9.21. The molecule has 1 saturated heterocycles. The lowest BCUT2D eigenvalue weighted by molar-refractivity contribution is 0.0388. The van der Waals surface area contributed by atoms with E-state index in [1.165, 1.54) is 0 Å². The van der Waals surface area contributed by atoms with E-state index in [4.69, 9.17) is 4.74 Å². The average Bonchev–Trinajstić information content (AvgIpc) is 3.11. The Hall–Kier alpha value is -2.38. The number of rotatable bonds is 5. The number of carbonyl (C=O) groups is 1. The first-order valence-corrected chi connectivity index (χ1v) is 7.77. The number of benzene rings is 1. The maximum Gasteiger partial charge on any atom is 0.319 e. The van der Waals surface area contributed by atoms with Crippen LogP contribution in [0.4, 0.5) is 10.5 Å². The van der Waals surface area contributed by atoms with Gasteiger partial charge in [-0.05, 0) is 18.2 Å². The molecule has 0 unspecified atom stereocenters. The van der Waals surface area contributed by atoms with Crippen LogP contribution < -0.4 is 10.6 Å². The number of carbonyl (C=O) groups excluding carboxylic acids is 1. The topological polar surface area (TPSA) is 71.4 Å². The molecule has 0 saturated carbocycles. The SMILES string of the molecule is O=C(NCCN1CCOCC1)Nc1ccccc1-n1cccn1. The zero-order valence-electron chi connectivity index (χ0n) is 12.9. The van der Waals surface area contributed by atoms with Crippen molar-refractivity contribution in [2.45, 2.75) is 0 Å². The highest BCUT2D eigenvalue weighted by atomic mass is 16.5. The van der Waals surface area contributed by atoms with Crippen LogP contribution in [-0.4, -0.2) is 60.1 Å². The van der Waals surface area contributed by atoms with E-state index in [9.17, 15) is 4.79 Å². The van der Waals surface area contributed by atoms with Gasteiger partial charge in [-0.2, -0.15) is 5.10 Å². The summed E-state index contributed by atoms with van der Waals surface area (Å²) >= 11 is 0. The van der Waals surface area contributed by atoms with Gasteiger partial charge in [-0.25, -0.2) is 9.48 Å². The molecular weight excluding hydrogens is 294 g/mol. The van der Waals surface area contributed by atoms with Crippen LogP contribution >= 0.6 is 0 Å². The zero-order valence-corrected chi connectivity index (χ0v) is 12.9. The number of nitrogens with one attached hydrogen (secondary N) is 2. The molecule has 3 rings (SSSR count). The molecule has 0 bridgehead atoms. The van der Waals surface area contributed by atoms with Gasteiger partial charge in [-0.15, -0.1) is 0 Å². The molecule has 2 aromatic rings. The van der Waals surface area contributed by atoms with Crippen molar-refractivity contribution in [3.63, 3.8) is 0 Å². The fourth-order valence-electron chi connectivity index (χ4n) is 2.51. The van der Waals surface area contributed by atoms with Gasteiger partial charge in [0.15, 0.2) is 0 Å². The van der Waals surface area contributed by atoms with Crippen molar-refractivity contribution >= 4 is 11.7 Å². The number of nitrogens with zero attached hydrogens (tertiary/aromatic N) is 3. The first-order chi connectivity index (χ1) is 11.3. The van der Waals surface area contributed by atoms with Crippen molar-refractivity contribution in [1.82, 2.24) is 20.0 Å². The van der Waals surface area contributed by atoms with Gasteiger partial charge in [0.05, 0.1) is 24.6 Å². The third-order valence-electron chi connectivity index (χ3n) is 3.72. The van der Waals surface area contributed by atoms with Crippen molar-refractivity contribution in [3.8, 4) is 5.69 Å². The summed E-state index contributed by atoms with van der Waals surface area (Å²) < 4.78 is 7.03. The van der Waals surface area contributed by atoms with Gasteiger partial charge < -0.3 is 15.4 Å². The number of morpholine rings is 1. The molecule has 0 radical (unpaired) electrons. The van der Waals surface area contributed by atoms with Gasteiger partial charge in [0.25, 0.3) is 0 Å². The number of hydrogen-bond acceptors (Lipinski definition) is 4. The summed E-state index contributed by atoms with van der Waals surface area (Å²) in [5.41, 5.74) is 1.56. The van der Waals surface area contributed by atoms with E-state index in [0.29, 0.717) is 6.54 Å². The second-order valence-corrected chi connectivity index (χ2v) is 5.30. The van der Waals surface area contributed by atoms with Crippen LogP contribution in [0.2, 0.25) is 0 Å². The molecule has 1 aliphatic heterocycles. The summed E-state index contributed by atoms with van der Waals surface area (Å²) in [4.78, 5) is 14.4. The third kappa shape index (κ3) is 4.30. The van der Waals surface area contributed by atoms with E-state index in [-0.39, 0.29) is 6.03 Å². The van der Waals surface area contributed by atoms with Crippen molar-refractivity contribution in [1.29, 1.82) is 0 Å². The lowest BCUT2D eigenvalue weighted by Gasteiger charge is -2.26. The molecule has 2 heterocycles. The van der Waals surface area contributed by atoms with Crippen LogP contribution in [-0.2, 0) is 4.74 Å². The minimum atomic E-state index is -0.210. The van der Waals surface area contributed by atoms with Crippen LogP contribution in [0, 0.1) is 0 Å². The predicted molar refractivity (Wildman–Crippen MR) is 87.8 cm³/mol. The number of aromatic nitrogens is 2. The van der Waals surface area contributed by atoms with Gasteiger partial charge in [0.1, 0.15) is 0 Å². The first-order valence-electron chi connectivity index (χ1n) is 7.77. The number of urea groups is 1. The molecule has 0 spiro atoms. The number of hydrogen-bond donors (Lipinski definition) is 2. The highest BCUT2D eigenvalue weighted by Crippen LogP contribution is 2.18. The zero-order chi connectivity index (χ0) is 15.9. The van der Waals surface area contributed by atoms with E-state index in [1.807, 2.05) is 36.5 Å². The molecule has 2 amide bonds. The van der Waals surface area contributed by atoms with Crippen LogP contribution in [0.5, 0.6) is 0 Å². The molecule has 7 heteroatoms. The highest BCUT2D eigenvalue weighted by molar-refractivity contribution is 5.91. The molecule has 1 fully saturated rings. The maximum absolute atomic E-state index is 12.1. The largest absolute Gasteiger partial charge is 0.379 e. The van der Waals surface area contributed by atoms with Crippen LogP contribution in [0.1, 0.15) is 0 Å². The van der Waals surface area contributed by atoms with E-state index in [2.05, 4.69) is 20.6 Å². The van der Waals surface area contributed by atoms with Gasteiger partial charge >= 0.3 is 6.03 Å². The summed E-state index contributed by atoms with van der Waals surface area (Å²) in [5, 5.41) is 9.98. The molecule has 2 N–H and O–H groups in total. The second-order valence-electron chi connectivity index (χ2n) is 5.30. The number of anilines is 1. The highest BCUT2D eigenvalue weighted by Gasteiger charge is 2.11. The predicted octanol–water partition coefficient (Wildman–Crippen LogP) is 1.33. The standard InChI is InChI=1S/C16H21N5O2/c22-16(17-7-9-20-10-12-23-13-11-20)19-14-4-1-2-5-15(14)21-8-3-6-18-21/h1-6,8H,7,9-13H2,(H2,17,19,22). The Morgan fingerprint density at radius 3 is 2.83 bits per heavy atom. The molecule has 7 nitrogen and oxygen atoms in total. The van der Waals surface area contributed by atoms with Crippen molar-refractivity contribution in [2.75, 3.05) is 44.7 Å². The number of amides is 2. The normalized spacial score (nSPS) is 15.3. The fraction of sp³-hybridized carbons (Fsp3) is 0.375. The van der Waals surface area contributed by atoms with Gasteiger partial charge in [-0.3, -0.25) is 4.90 Å². The molecule has 0 aliphatic carbocycles. The minimum Gasteiger partial charge on any atom is -0.379 e. The molecule has 1 aromatic heterocycles. The molecule has 23 heavy (non-hydrogen) atoms.